The largest absolute Gasteiger partial charge is 1.00 e. The molecule has 0 spiro atoms. The molecule has 0 saturated carbocycles. The van der Waals surface area contributed by atoms with Crippen LogP contribution in [0.2, 0.25) is 0 Å². The maximum absolute atomic E-state index is 8.66. The summed E-state index contributed by atoms with van der Waals surface area (Å²) in [5, 5.41) is 0. The van der Waals surface area contributed by atoms with Crippen LogP contribution in [0.5, 0.6) is 0 Å². The molecule has 0 radical (unpaired) electrons. The van der Waals surface area contributed by atoms with Crippen LogP contribution >= 0.6 is 28.1 Å². The summed E-state index contributed by atoms with van der Waals surface area (Å²) in [5.41, 5.74) is 0. The second kappa shape index (κ2) is 21.4. The van der Waals surface area contributed by atoms with E-state index in [1.54, 1.807) is 0 Å². The molecule has 15 heavy (non-hydrogen) atoms. The van der Waals surface area contributed by atoms with Crippen molar-refractivity contribution in [3.8, 4) is 0 Å². The van der Waals surface area contributed by atoms with Gasteiger partial charge in [0, 0.05) is 0 Å². The average Bonchev–Trinajstić information content (AvgIpc) is 1.12. The van der Waals surface area contributed by atoms with Gasteiger partial charge in [0.25, 0.3) is 0 Å². The maximum atomic E-state index is 8.66. The second-order valence-electron chi connectivity index (χ2n) is 0.916. The Morgan fingerprint density at radius 2 is 0.933 bits per heavy atom. The minimum Gasteiger partial charge on any atom is -1.00 e. The van der Waals surface area contributed by atoms with E-state index >= 15 is 0 Å². The molecule has 0 aliphatic carbocycles. The van der Waals surface area contributed by atoms with E-state index in [-0.39, 0.29) is 157 Å². The number of phosphoric acid groups is 2. The molecular weight excluding hydrogens is 333 g/mol. The first kappa shape index (κ1) is 42.7. The van der Waals surface area contributed by atoms with Gasteiger partial charge in [-0.2, -0.15) is 7.82 Å². The third-order valence-corrected chi connectivity index (χ3v) is 0. The van der Waals surface area contributed by atoms with Gasteiger partial charge in [0.15, 0.2) is 0 Å². The maximum Gasteiger partial charge on any atom is 1.00 e. The zero-order chi connectivity index (χ0) is 9.00. The number of hydrogen-bond donors (Lipinski definition) is 1. The smallest absolute Gasteiger partial charge is 1.00 e. The molecule has 15 heteroatoms. The number of halogens is 1. The molecule has 0 atom stereocenters. The van der Waals surface area contributed by atoms with Crippen LogP contribution in [0.25, 0.3) is 0 Å². The molecule has 0 unspecified atom stereocenters. The summed E-state index contributed by atoms with van der Waals surface area (Å²) in [6.45, 7) is 0. The van der Waals surface area contributed by atoms with Gasteiger partial charge >= 0.3 is 143 Å². The summed E-state index contributed by atoms with van der Waals surface area (Å²) in [5.74, 6) is 0. The minimum atomic E-state index is -5.39. The van der Waals surface area contributed by atoms with Gasteiger partial charge in [-0.25, -0.2) is 0 Å². The fourth-order valence-corrected chi connectivity index (χ4v) is 0. The molecule has 0 aromatic carbocycles. The average molecular weight is 339 g/mol. The molecule has 0 aliphatic rings. The molecular formula is H5ClKNa3O8P2. The van der Waals surface area contributed by atoms with Gasteiger partial charge in [-0.1, -0.05) is 0 Å². The van der Waals surface area contributed by atoms with Crippen molar-refractivity contribution in [2.75, 3.05) is 0 Å². The predicted molar refractivity (Wildman–Crippen MR) is 28.0 cm³/mol. The van der Waals surface area contributed by atoms with Gasteiger partial charge in [-0.15, -0.1) is 12.4 Å². The summed E-state index contributed by atoms with van der Waals surface area (Å²) in [6, 6.07) is 0. The Kier molecular flexibility index (Phi) is 61.1. The van der Waals surface area contributed by atoms with E-state index in [0.717, 1.165) is 0 Å². The monoisotopic (exact) mass is 338 g/mol. The predicted octanol–water partition coefficient (Wildman–Crippen LogP) is -16.2. The van der Waals surface area contributed by atoms with Crippen LogP contribution in [0.15, 0.2) is 0 Å². The molecule has 0 amide bonds. The van der Waals surface area contributed by atoms with Crippen molar-refractivity contribution >= 4 is 28.1 Å². The van der Waals surface area contributed by atoms with E-state index in [1.807, 2.05) is 0 Å². The Balaban J connectivity index is -0.00000000615. The molecule has 8 nitrogen and oxygen atoms in total. The molecule has 0 fully saturated rings. The summed E-state index contributed by atoms with van der Waals surface area (Å²) >= 11 is 0. The van der Waals surface area contributed by atoms with E-state index in [4.69, 9.17) is 38.5 Å². The number of hydrogen-bond acceptors (Lipinski definition) is 7. The van der Waals surface area contributed by atoms with Crippen molar-refractivity contribution in [1.29, 1.82) is 0 Å². The van der Waals surface area contributed by atoms with Crippen LogP contribution < -0.4 is 165 Å². The molecule has 74 valence electrons. The van der Waals surface area contributed by atoms with E-state index in [0.29, 0.717) is 0 Å². The van der Waals surface area contributed by atoms with Crippen LogP contribution in [-0.2, 0) is 9.13 Å². The van der Waals surface area contributed by atoms with E-state index in [2.05, 4.69) is 0 Å². The fourth-order valence-electron chi connectivity index (χ4n) is 0. The Hall–Kier alpha value is 5.15. The summed E-state index contributed by atoms with van der Waals surface area (Å²) in [6.07, 6.45) is 0. The van der Waals surface area contributed by atoms with Crippen LogP contribution in [0.4, 0.5) is 0 Å². The Bertz CT molecular complexity index is 152. The van der Waals surface area contributed by atoms with Gasteiger partial charge in [0.2, 0.25) is 0 Å². The van der Waals surface area contributed by atoms with E-state index < -0.39 is 15.6 Å². The van der Waals surface area contributed by atoms with E-state index in [1.165, 1.54) is 0 Å². The first-order valence-electron chi connectivity index (χ1n) is 1.48. The molecule has 0 heterocycles. The normalized spacial score (nSPS) is 7.87. The quantitative estimate of drug-likeness (QED) is 0.335. The first-order chi connectivity index (χ1) is 4.00. The second-order valence-corrected chi connectivity index (χ2v) is 2.75. The Morgan fingerprint density at radius 1 is 0.933 bits per heavy atom. The molecule has 1 N–H and O–H groups in total. The zero-order valence-electron chi connectivity index (χ0n) is 11.6. The standard InChI is InChI=1S/ClH.K.3Na.2H3O4P.H/c;;;;;2*1-5(2,3)4;/h1H;;;;;2*(H3,1,2,3,4);/q;4*+1;;;-1/p-3. The van der Waals surface area contributed by atoms with Crippen LogP contribution in [-0.4, -0.2) is 4.89 Å². The van der Waals surface area contributed by atoms with Crippen molar-refractivity contribution in [1.82, 2.24) is 0 Å². The molecule has 0 rings (SSSR count). The zero-order valence-corrected chi connectivity index (χ0v) is 20.3. The molecule has 0 aromatic heterocycles. The molecule has 0 bridgehead atoms. The molecule has 0 aromatic rings. The van der Waals surface area contributed by atoms with Crippen molar-refractivity contribution in [3.63, 3.8) is 0 Å². The van der Waals surface area contributed by atoms with Crippen LogP contribution in [0.3, 0.4) is 0 Å². The van der Waals surface area contributed by atoms with E-state index in [9.17, 15) is 0 Å². The topological polar surface area (TPSA) is 170 Å². The Morgan fingerprint density at radius 3 is 0.933 bits per heavy atom. The van der Waals surface area contributed by atoms with Crippen molar-refractivity contribution < 1.29 is 183 Å². The van der Waals surface area contributed by atoms with Crippen molar-refractivity contribution in [2.45, 2.75) is 0 Å². The van der Waals surface area contributed by atoms with Crippen LogP contribution in [0, 0.1) is 0 Å². The third-order valence-electron chi connectivity index (χ3n) is 0. The first-order valence-corrected chi connectivity index (χ1v) is 4.43. The van der Waals surface area contributed by atoms with Gasteiger partial charge in [-0.3, -0.25) is 0 Å². The fraction of sp³-hybridized carbons (Fsp3) is 0. The van der Waals surface area contributed by atoms with Crippen molar-refractivity contribution in [2.24, 2.45) is 0 Å². The molecule has 0 saturated heterocycles. The summed E-state index contributed by atoms with van der Waals surface area (Å²) in [4.78, 5) is 49.9. The Labute approximate surface area is 206 Å². The van der Waals surface area contributed by atoms with Gasteiger partial charge in [0.1, 0.15) is 0 Å². The molecule has 0 aliphatic heterocycles. The summed E-state index contributed by atoms with van der Waals surface area (Å²) in [7, 11) is -10.5. The van der Waals surface area contributed by atoms with Gasteiger partial charge in [0.05, 0.1) is 7.82 Å². The van der Waals surface area contributed by atoms with Gasteiger partial charge < -0.3 is 39.9 Å². The third kappa shape index (κ3) is 213. The SMILES string of the molecule is Cl.O=P([O-])([O-])O.O=P([O-])([O-])[O-].[H+].[H+].[H-].[K+].[Na+].[Na+].[Na+]. The minimum absolute atomic E-state index is 0. The number of rotatable bonds is 0. The van der Waals surface area contributed by atoms with Crippen molar-refractivity contribution in [3.05, 3.63) is 0 Å². The van der Waals surface area contributed by atoms with Gasteiger partial charge in [-0.05, 0) is 0 Å². The van der Waals surface area contributed by atoms with Crippen LogP contribution in [0.1, 0.15) is 4.28 Å². The summed E-state index contributed by atoms with van der Waals surface area (Å²) < 4.78 is 17.2.